The van der Waals surface area contributed by atoms with Crippen LogP contribution in [-0.4, -0.2) is 40.4 Å². The summed E-state index contributed by atoms with van der Waals surface area (Å²) in [5, 5.41) is 1.86. The summed E-state index contributed by atoms with van der Waals surface area (Å²) in [5.74, 6) is -1.61. The number of methoxy groups -OCH3 is 1. The molecule has 2 aromatic heterocycles. The van der Waals surface area contributed by atoms with E-state index in [0.717, 1.165) is 65.0 Å². The number of hydrogen-bond donors (Lipinski definition) is 0. The van der Waals surface area contributed by atoms with E-state index in [9.17, 15) is 19.2 Å². The highest BCUT2D eigenvalue weighted by Gasteiger charge is 2.29. The molecule has 0 N–H and O–H groups in total. The Morgan fingerprint density at radius 1 is 0.609 bits per heavy atom. The summed E-state index contributed by atoms with van der Waals surface area (Å²) in [6.45, 7) is 0. The average molecular weight is 615 g/mol. The van der Waals surface area contributed by atoms with Crippen molar-refractivity contribution >= 4 is 45.1 Å². The van der Waals surface area contributed by atoms with Gasteiger partial charge in [-0.25, -0.2) is 0 Å². The normalized spacial score (nSPS) is 11.2. The number of hydrogen-bond acceptors (Lipinski definition) is 7. The maximum absolute atomic E-state index is 14.0. The first-order chi connectivity index (χ1) is 22.4. The number of fused-ring (bicyclic) bond motifs is 2. The third-order valence-electron chi connectivity index (χ3n) is 8.38. The first-order valence-electron chi connectivity index (χ1n) is 15.8. The molecule has 46 heavy (non-hydrogen) atoms. The van der Waals surface area contributed by atoms with Crippen molar-refractivity contribution in [3.05, 3.63) is 120 Å². The van der Waals surface area contributed by atoms with Gasteiger partial charge < -0.3 is 4.74 Å². The number of benzene rings is 3. The number of ketones is 3. The highest BCUT2D eigenvalue weighted by Crippen LogP contribution is 2.27. The smallest absolute Gasteiger partial charge is 0.305 e. The van der Waals surface area contributed by atoms with Crippen molar-refractivity contribution in [3.8, 4) is 0 Å². The van der Waals surface area contributed by atoms with Gasteiger partial charge >= 0.3 is 5.97 Å². The summed E-state index contributed by atoms with van der Waals surface area (Å²) in [7, 11) is 1.39. The molecule has 0 amide bonds. The highest BCUT2D eigenvalue weighted by atomic mass is 16.5. The number of unbranched alkanes of at least 4 members (excludes halogenated alkanes) is 4. The van der Waals surface area contributed by atoms with Crippen LogP contribution >= 0.6 is 0 Å². The Morgan fingerprint density at radius 3 is 1.65 bits per heavy atom. The van der Waals surface area contributed by atoms with Crippen LogP contribution in [0.5, 0.6) is 0 Å². The third kappa shape index (κ3) is 8.16. The number of aromatic nitrogens is 2. The van der Waals surface area contributed by atoms with Gasteiger partial charge in [0.15, 0.2) is 17.3 Å². The minimum absolute atomic E-state index is 0.0268. The molecule has 0 radical (unpaired) electrons. The molecule has 7 heteroatoms. The Morgan fingerprint density at radius 2 is 1.11 bits per heavy atom. The fourth-order valence-corrected chi connectivity index (χ4v) is 5.94. The Labute approximate surface area is 269 Å². The van der Waals surface area contributed by atoms with E-state index in [4.69, 9.17) is 0 Å². The summed E-state index contributed by atoms with van der Waals surface area (Å²) >= 11 is 0. The van der Waals surface area contributed by atoms with Gasteiger partial charge in [0.25, 0.3) is 0 Å². The van der Waals surface area contributed by atoms with Crippen molar-refractivity contribution in [1.29, 1.82) is 0 Å². The predicted molar refractivity (Wildman–Crippen MR) is 179 cm³/mol. The summed E-state index contributed by atoms with van der Waals surface area (Å²) in [6, 6.07) is 26.0. The maximum Gasteiger partial charge on any atom is 0.305 e. The number of pyridine rings is 2. The fraction of sp³-hybridized carbons (Fsp3) is 0.282. The van der Waals surface area contributed by atoms with E-state index < -0.39 is 5.92 Å². The lowest BCUT2D eigenvalue weighted by molar-refractivity contribution is -0.140. The Kier molecular flexibility index (Phi) is 11.1. The van der Waals surface area contributed by atoms with Crippen molar-refractivity contribution in [2.75, 3.05) is 7.11 Å². The fourth-order valence-electron chi connectivity index (χ4n) is 5.94. The zero-order valence-electron chi connectivity index (χ0n) is 26.1. The highest BCUT2D eigenvalue weighted by molar-refractivity contribution is 6.10. The van der Waals surface area contributed by atoms with Crippen molar-refractivity contribution in [2.24, 2.45) is 0 Å². The third-order valence-corrected chi connectivity index (χ3v) is 8.38. The zero-order valence-corrected chi connectivity index (χ0v) is 26.1. The SMILES string of the molecule is COC(=O)CCCCCCCC(=O)c1ccc(C(C(=O)Cc2cccc3cccnc23)C(=O)Cc2cccc3cccnc23)cc1. The van der Waals surface area contributed by atoms with E-state index in [2.05, 4.69) is 14.7 Å². The molecule has 0 saturated carbocycles. The van der Waals surface area contributed by atoms with Crippen LogP contribution in [0.4, 0.5) is 0 Å². The topological polar surface area (TPSA) is 103 Å². The molecule has 0 spiro atoms. The molecule has 0 aliphatic rings. The van der Waals surface area contributed by atoms with Gasteiger partial charge in [-0.1, -0.05) is 92.1 Å². The van der Waals surface area contributed by atoms with Crippen molar-refractivity contribution in [3.63, 3.8) is 0 Å². The van der Waals surface area contributed by atoms with Crippen LogP contribution in [0.15, 0.2) is 97.3 Å². The van der Waals surface area contributed by atoms with Gasteiger partial charge in [-0.05, 0) is 41.7 Å². The largest absolute Gasteiger partial charge is 0.469 e. The second kappa shape index (κ2) is 15.8. The van der Waals surface area contributed by atoms with Crippen LogP contribution in [0.3, 0.4) is 0 Å². The van der Waals surface area contributed by atoms with Gasteiger partial charge in [-0.2, -0.15) is 0 Å². The molecule has 0 fully saturated rings. The molecule has 234 valence electrons. The molecule has 5 rings (SSSR count). The van der Waals surface area contributed by atoms with Crippen LogP contribution in [0.25, 0.3) is 21.8 Å². The van der Waals surface area contributed by atoms with Gasteiger partial charge in [0.05, 0.1) is 18.1 Å². The molecule has 0 aliphatic carbocycles. The van der Waals surface area contributed by atoms with Crippen LogP contribution in [0.1, 0.15) is 77.9 Å². The standard InChI is InChI=1S/C39H38N2O5/c1-46-36(45)18-6-4-2-3-5-17-33(42)27-19-21-28(22-20-27)37(34(43)25-31-13-7-11-29-15-9-23-40-38(29)31)35(44)26-32-14-8-12-30-16-10-24-41-39(30)32/h7-16,19-24,37H,2-6,17-18,25-26H2,1H3. The minimum atomic E-state index is -1.01. The molecular weight excluding hydrogens is 576 g/mol. The van der Waals surface area contributed by atoms with E-state index in [1.807, 2.05) is 60.7 Å². The van der Waals surface area contributed by atoms with Crippen molar-refractivity contribution in [2.45, 2.75) is 63.7 Å². The lowest BCUT2D eigenvalue weighted by Crippen LogP contribution is -2.25. The number of esters is 1. The molecule has 2 heterocycles. The maximum atomic E-state index is 14.0. The van der Waals surface area contributed by atoms with E-state index in [1.54, 1.807) is 36.7 Å². The van der Waals surface area contributed by atoms with Gasteiger partial charge in [0, 0.05) is 54.4 Å². The first kappa shape index (κ1) is 32.4. The molecule has 0 saturated heterocycles. The van der Waals surface area contributed by atoms with Gasteiger partial charge in [0.1, 0.15) is 5.92 Å². The molecule has 5 aromatic rings. The summed E-state index contributed by atoms with van der Waals surface area (Å²) in [6.07, 6.45) is 8.68. The first-order valence-corrected chi connectivity index (χ1v) is 15.8. The number of para-hydroxylation sites is 2. The Hall–Kier alpha value is -5.04. The second-order valence-corrected chi connectivity index (χ2v) is 11.6. The number of Topliss-reactive ketones (excluding diaryl/α,β-unsaturated/α-hetero) is 3. The summed E-state index contributed by atoms with van der Waals surface area (Å²) < 4.78 is 4.67. The molecule has 7 nitrogen and oxygen atoms in total. The van der Waals surface area contributed by atoms with Crippen molar-refractivity contribution < 1.29 is 23.9 Å². The molecular formula is C39H38N2O5. The molecule has 0 bridgehead atoms. The average Bonchev–Trinajstić information content (AvgIpc) is 3.08. The van der Waals surface area contributed by atoms with E-state index in [0.29, 0.717) is 24.0 Å². The molecule has 0 aliphatic heterocycles. The number of ether oxygens (including phenoxy) is 1. The monoisotopic (exact) mass is 614 g/mol. The number of carbonyl (C=O) groups excluding carboxylic acids is 4. The van der Waals surface area contributed by atoms with E-state index in [1.165, 1.54) is 7.11 Å². The van der Waals surface area contributed by atoms with E-state index >= 15 is 0 Å². The number of carbonyl (C=O) groups is 4. The van der Waals surface area contributed by atoms with Gasteiger partial charge in [-0.3, -0.25) is 29.1 Å². The number of nitrogens with zero attached hydrogens (tertiary/aromatic N) is 2. The Bertz CT molecular complexity index is 1740. The lowest BCUT2D eigenvalue weighted by atomic mass is 9.84. The zero-order chi connectivity index (χ0) is 32.3. The van der Waals surface area contributed by atoms with Crippen LogP contribution in [0.2, 0.25) is 0 Å². The molecule has 0 atom stereocenters. The van der Waals surface area contributed by atoms with Gasteiger partial charge in [0.2, 0.25) is 0 Å². The van der Waals surface area contributed by atoms with E-state index in [-0.39, 0.29) is 36.2 Å². The summed E-state index contributed by atoms with van der Waals surface area (Å²) in [4.78, 5) is 61.2. The lowest BCUT2D eigenvalue weighted by Gasteiger charge is -2.17. The molecule has 3 aromatic carbocycles. The Balaban J connectivity index is 1.31. The number of rotatable bonds is 16. The molecule has 0 unspecified atom stereocenters. The summed E-state index contributed by atoms with van der Waals surface area (Å²) in [5.41, 5.74) is 4.15. The predicted octanol–water partition coefficient (Wildman–Crippen LogP) is 7.58. The van der Waals surface area contributed by atoms with Crippen molar-refractivity contribution in [1.82, 2.24) is 9.97 Å². The minimum Gasteiger partial charge on any atom is -0.469 e. The second-order valence-electron chi connectivity index (χ2n) is 11.6. The van der Waals surface area contributed by atoms with Crippen LogP contribution < -0.4 is 0 Å². The quantitative estimate of drug-likeness (QED) is 0.0489. The van der Waals surface area contributed by atoms with Crippen LogP contribution in [0, 0.1) is 0 Å². The van der Waals surface area contributed by atoms with Gasteiger partial charge in [-0.15, -0.1) is 0 Å². The van der Waals surface area contributed by atoms with Crippen LogP contribution in [-0.2, 0) is 32.0 Å².